The summed E-state index contributed by atoms with van der Waals surface area (Å²) in [5.74, 6) is 0. The van der Waals surface area contributed by atoms with Crippen LogP contribution >= 0.6 is 0 Å². The third kappa shape index (κ3) is 3.36. The molecule has 1 aliphatic heterocycles. The summed E-state index contributed by atoms with van der Waals surface area (Å²) < 4.78 is 10.2. The van der Waals surface area contributed by atoms with Crippen molar-refractivity contribution in [2.45, 2.75) is 67.3 Å². The molecule has 0 amide bonds. The fourth-order valence-corrected chi connectivity index (χ4v) is 2.69. The third-order valence-corrected chi connectivity index (χ3v) is 4.21. The highest BCUT2D eigenvalue weighted by Crippen LogP contribution is 2.29. The number of ether oxygens (including phenoxy) is 2. The first kappa shape index (κ1) is 18.9. The van der Waals surface area contributed by atoms with Crippen molar-refractivity contribution >= 4 is 0 Å². The average molecular weight is 342 g/mol. The summed E-state index contributed by atoms with van der Waals surface area (Å²) in [4.78, 5) is 0. The lowest BCUT2D eigenvalue weighted by molar-refractivity contribution is -0.339. The maximum atomic E-state index is 9.85. The topological polar surface area (TPSA) is 201 Å². The first-order valence-electron chi connectivity index (χ1n) is 7.07. The molecule has 1 aliphatic carbocycles. The Morgan fingerprint density at radius 1 is 0.609 bits per heavy atom. The molecule has 0 aromatic heterocycles. The lowest BCUT2D eigenvalue weighted by Crippen LogP contribution is -2.67. The molecule has 11 atom stereocenters. The number of hydrogen-bond acceptors (Lipinski definition) is 11. The Morgan fingerprint density at radius 3 is 1.52 bits per heavy atom. The second kappa shape index (κ2) is 7.21. The van der Waals surface area contributed by atoms with Gasteiger partial charge in [0.25, 0.3) is 0 Å². The van der Waals surface area contributed by atoms with E-state index >= 15 is 0 Å². The van der Waals surface area contributed by atoms with Crippen LogP contribution in [0.3, 0.4) is 0 Å². The van der Waals surface area contributed by atoms with Crippen LogP contribution in [-0.2, 0) is 9.47 Å². The molecule has 11 heteroatoms. The molecule has 2 rings (SSSR count). The van der Waals surface area contributed by atoms with E-state index in [1.807, 2.05) is 0 Å². The second-order valence-electron chi connectivity index (χ2n) is 5.75. The van der Waals surface area contributed by atoms with Crippen molar-refractivity contribution in [2.24, 2.45) is 0 Å². The van der Waals surface area contributed by atoms with E-state index in [4.69, 9.17) is 14.6 Å². The molecule has 0 spiro atoms. The van der Waals surface area contributed by atoms with E-state index in [2.05, 4.69) is 0 Å². The first-order chi connectivity index (χ1) is 10.7. The van der Waals surface area contributed by atoms with Crippen LogP contribution in [0.2, 0.25) is 0 Å². The van der Waals surface area contributed by atoms with Crippen molar-refractivity contribution in [1.29, 1.82) is 0 Å². The van der Waals surface area contributed by atoms with Crippen molar-refractivity contribution in [3.05, 3.63) is 0 Å². The van der Waals surface area contributed by atoms with Gasteiger partial charge in [-0.3, -0.25) is 0 Å². The van der Waals surface area contributed by atoms with Crippen LogP contribution in [0.1, 0.15) is 0 Å². The molecule has 0 unspecified atom stereocenters. The van der Waals surface area contributed by atoms with Crippen LogP contribution in [0.15, 0.2) is 0 Å². The van der Waals surface area contributed by atoms with Crippen LogP contribution in [0.25, 0.3) is 0 Å². The van der Waals surface area contributed by atoms with Crippen molar-refractivity contribution in [1.82, 2.24) is 0 Å². The predicted molar refractivity (Wildman–Crippen MR) is 68.7 cm³/mol. The van der Waals surface area contributed by atoms with E-state index in [9.17, 15) is 40.9 Å². The molecular formula is C12H22O11. The highest BCUT2D eigenvalue weighted by molar-refractivity contribution is 5.00. The third-order valence-electron chi connectivity index (χ3n) is 4.21. The summed E-state index contributed by atoms with van der Waals surface area (Å²) in [5, 5.41) is 86.6. The minimum Gasteiger partial charge on any atom is -0.394 e. The molecule has 0 aromatic carbocycles. The van der Waals surface area contributed by atoms with E-state index in [1.165, 1.54) is 0 Å². The van der Waals surface area contributed by atoms with E-state index < -0.39 is 73.9 Å². The van der Waals surface area contributed by atoms with Crippen LogP contribution in [0.5, 0.6) is 0 Å². The van der Waals surface area contributed by atoms with Crippen LogP contribution in [-0.4, -0.2) is 120 Å². The van der Waals surface area contributed by atoms with E-state index in [1.54, 1.807) is 0 Å². The molecule has 1 saturated heterocycles. The van der Waals surface area contributed by atoms with Gasteiger partial charge >= 0.3 is 0 Å². The summed E-state index contributed by atoms with van der Waals surface area (Å²) in [7, 11) is 0. The van der Waals surface area contributed by atoms with Gasteiger partial charge in [0.05, 0.1) is 6.61 Å². The largest absolute Gasteiger partial charge is 0.394 e. The summed E-state index contributed by atoms with van der Waals surface area (Å²) in [6, 6.07) is 0. The van der Waals surface area contributed by atoms with Gasteiger partial charge in [-0.05, 0) is 0 Å². The minimum atomic E-state index is -1.83. The van der Waals surface area contributed by atoms with Gasteiger partial charge in [0, 0.05) is 0 Å². The Morgan fingerprint density at radius 2 is 1.04 bits per heavy atom. The van der Waals surface area contributed by atoms with E-state index in [0.717, 1.165) is 0 Å². The summed E-state index contributed by atoms with van der Waals surface area (Å²) in [6.45, 7) is -0.704. The normalized spacial score (nSPS) is 54.9. The molecule has 136 valence electrons. The standard InChI is InChI=1S/C12H22O11/c13-1-2-3(14)4(15)10(21)12(22-2)23-11-8(19)6(17)5(16)7(18)9(11)20/h2-21H,1H2/t2-,3+,4+,5-,6-,7+,8-,9-,10-,11-,12-/m1/s1. The fourth-order valence-electron chi connectivity index (χ4n) is 2.69. The van der Waals surface area contributed by atoms with Crippen LogP contribution in [0, 0.1) is 0 Å². The molecule has 1 saturated carbocycles. The molecule has 2 aliphatic rings. The zero-order chi connectivity index (χ0) is 17.5. The van der Waals surface area contributed by atoms with Gasteiger partial charge in [0.2, 0.25) is 0 Å². The molecule has 0 bridgehead atoms. The lowest BCUT2D eigenvalue weighted by Gasteiger charge is -2.45. The Kier molecular flexibility index (Phi) is 5.92. The number of rotatable bonds is 3. The molecule has 23 heavy (non-hydrogen) atoms. The quantitative estimate of drug-likeness (QED) is 0.236. The maximum absolute atomic E-state index is 9.85. The summed E-state index contributed by atoms with van der Waals surface area (Å²) in [6.07, 6.45) is -18.9. The SMILES string of the molecule is OC[C@H]1O[C@H](O[C@@H]2[C@H](O)[C@H](O)[C@@H](O)[C@H](O)[C@H]2O)[C@H](O)[C@@H](O)[C@H]1O. The highest BCUT2D eigenvalue weighted by Gasteiger charge is 2.52. The van der Waals surface area contributed by atoms with Gasteiger partial charge < -0.3 is 55.4 Å². The number of aliphatic hydroxyl groups excluding tert-OH is 9. The minimum absolute atomic E-state index is 0.704. The van der Waals surface area contributed by atoms with Gasteiger partial charge in [-0.2, -0.15) is 0 Å². The molecule has 0 aromatic rings. The van der Waals surface area contributed by atoms with Gasteiger partial charge in [-0.15, -0.1) is 0 Å². The van der Waals surface area contributed by atoms with Gasteiger partial charge in [-0.25, -0.2) is 0 Å². The van der Waals surface area contributed by atoms with Gasteiger partial charge in [0.1, 0.15) is 61.0 Å². The Balaban J connectivity index is 2.13. The Hall–Kier alpha value is -0.440. The first-order valence-corrected chi connectivity index (χ1v) is 7.07. The number of aliphatic hydroxyl groups is 9. The summed E-state index contributed by atoms with van der Waals surface area (Å²) in [5.41, 5.74) is 0. The molecule has 2 fully saturated rings. The molecular weight excluding hydrogens is 320 g/mol. The lowest BCUT2D eigenvalue weighted by atomic mass is 9.84. The molecule has 9 N–H and O–H groups in total. The average Bonchev–Trinajstić information content (AvgIpc) is 2.54. The summed E-state index contributed by atoms with van der Waals surface area (Å²) >= 11 is 0. The maximum Gasteiger partial charge on any atom is 0.187 e. The van der Waals surface area contributed by atoms with Gasteiger partial charge in [-0.1, -0.05) is 0 Å². The smallest absolute Gasteiger partial charge is 0.187 e. The monoisotopic (exact) mass is 342 g/mol. The zero-order valence-corrected chi connectivity index (χ0v) is 11.9. The Bertz CT molecular complexity index is 377. The number of hydrogen-bond donors (Lipinski definition) is 9. The molecule has 0 radical (unpaired) electrons. The molecule has 11 nitrogen and oxygen atoms in total. The second-order valence-corrected chi connectivity index (χ2v) is 5.75. The van der Waals surface area contributed by atoms with Crippen molar-refractivity contribution < 1.29 is 55.4 Å². The van der Waals surface area contributed by atoms with Crippen molar-refractivity contribution in [2.75, 3.05) is 6.61 Å². The highest BCUT2D eigenvalue weighted by atomic mass is 16.7. The predicted octanol–water partition coefficient (Wildman–Crippen LogP) is -6.01. The fraction of sp³-hybridized carbons (Fsp3) is 1.00. The van der Waals surface area contributed by atoms with Crippen molar-refractivity contribution in [3.63, 3.8) is 0 Å². The van der Waals surface area contributed by atoms with Crippen LogP contribution in [0.4, 0.5) is 0 Å². The van der Waals surface area contributed by atoms with Crippen LogP contribution < -0.4 is 0 Å². The van der Waals surface area contributed by atoms with E-state index in [-0.39, 0.29) is 0 Å². The van der Waals surface area contributed by atoms with Gasteiger partial charge in [0.15, 0.2) is 6.29 Å². The van der Waals surface area contributed by atoms with Crippen molar-refractivity contribution in [3.8, 4) is 0 Å². The zero-order valence-electron chi connectivity index (χ0n) is 11.9. The van der Waals surface area contributed by atoms with E-state index in [0.29, 0.717) is 0 Å². The molecule has 1 heterocycles. The Labute approximate surface area is 130 Å².